The second kappa shape index (κ2) is 8.10. The Kier molecular flexibility index (Phi) is 6.38. The molecule has 0 aliphatic heterocycles. The molecule has 0 saturated carbocycles. The first kappa shape index (κ1) is 15.0. The molecule has 0 unspecified atom stereocenters. The molecule has 0 aliphatic carbocycles. The van der Waals surface area contributed by atoms with E-state index in [9.17, 15) is 9.59 Å². The largest absolute Gasteiger partial charge is 0.497 e. The first-order chi connectivity index (χ1) is 9.17. The lowest BCUT2D eigenvalue weighted by Gasteiger charge is -2.06. The molecule has 1 aromatic rings. The molecule has 0 atom stereocenters. The van der Waals surface area contributed by atoms with E-state index in [4.69, 9.17) is 10.5 Å². The van der Waals surface area contributed by atoms with Crippen molar-refractivity contribution in [3.05, 3.63) is 29.8 Å². The lowest BCUT2D eigenvalue weighted by atomic mass is 10.1. The zero-order chi connectivity index (χ0) is 14.1. The Morgan fingerprint density at radius 3 is 2.53 bits per heavy atom. The number of ether oxygens (including phenoxy) is 1. The second-order valence-corrected chi connectivity index (χ2v) is 3.90. The molecule has 6 nitrogen and oxygen atoms in total. The quantitative estimate of drug-likeness (QED) is 0.600. The molecule has 4 N–H and O–H groups in total. The van der Waals surface area contributed by atoms with Gasteiger partial charge in [0.15, 0.2) is 0 Å². The molecule has 1 rings (SSSR count). The van der Waals surface area contributed by atoms with Crippen molar-refractivity contribution in [1.82, 2.24) is 10.6 Å². The van der Waals surface area contributed by atoms with Crippen LogP contribution in [0.4, 0.5) is 0 Å². The fraction of sp³-hybridized carbons (Fsp3) is 0.385. The van der Waals surface area contributed by atoms with Gasteiger partial charge in [0.05, 0.1) is 7.11 Å². The van der Waals surface area contributed by atoms with E-state index in [1.807, 2.05) is 24.3 Å². The first-order valence-corrected chi connectivity index (χ1v) is 6.06. The normalized spacial score (nSPS) is 9.79. The number of carbonyl (C=O) groups is 2. The van der Waals surface area contributed by atoms with Gasteiger partial charge < -0.3 is 21.1 Å². The van der Waals surface area contributed by atoms with Crippen LogP contribution >= 0.6 is 0 Å². The summed E-state index contributed by atoms with van der Waals surface area (Å²) in [4.78, 5) is 22.6. The summed E-state index contributed by atoms with van der Waals surface area (Å²) in [7, 11) is 1.60. The SMILES string of the molecule is COc1cccc(CCNC(=O)C(=O)NCCN)c1. The molecule has 0 fully saturated rings. The third-order valence-corrected chi connectivity index (χ3v) is 2.47. The van der Waals surface area contributed by atoms with Crippen molar-refractivity contribution in [1.29, 1.82) is 0 Å². The minimum absolute atomic E-state index is 0.294. The number of benzene rings is 1. The van der Waals surface area contributed by atoms with E-state index in [1.165, 1.54) is 0 Å². The van der Waals surface area contributed by atoms with E-state index in [-0.39, 0.29) is 0 Å². The van der Waals surface area contributed by atoms with Crippen LogP contribution in [-0.2, 0) is 16.0 Å². The highest BCUT2D eigenvalue weighted by atomic mass is 16.5. The Hall–Kier alpha value is -2.08. The van der Waals surface area contributed by atoms with Crippen LogP contribution in [0.2, 0.25) is 0 Å². The molecule has 1 aromatic carbocycles. The third-order valence-electron chi connectivity index (χ3n) is 2.47. The van der Waals surface area contributed by atoms with E-state index in [0.717, 1.165) is 11.3 Å². The zero-order valence-electron chi connectivity index (χ0n) is 10.9. The van der Waals surface area contributed by atoms with Gasteiger partial charge in [-0.25, -0.2) is 0 Å². The summed E-state index contributed by atoms with van der Waals surface area (Å²) in [5.74, 6) is -0.531. The molecule has 0 saturated heterocycles. The van der Waals surface area contributed by atoms with E-state index in [1.54, 1.807) is 7.11 Å². The Morgan fingerprint density at radius 1 is 1.21 bits per heavy atom. The predicted octanol–water partition coefficient (Wildman–Crippen LogP) is -0.571. The van der Waals surface area contributed by atoms with Gasteiger partial charge in [-0.1, -0.05) is 12.1 Å². The number of methoxy groups -OCH3 is 1. The molecule has 0 radical (unpaired) electrons. The lowest BCUT2D eigenvalue weighted by molar-refractivity contribution is -0.139. The number of nitrogens with one attached hydrogen (secondary N) is 2. The molecular formula is C13H19N3O3. The van der Waals surface area contributed by atoms with E-state index in [0.29, 0.717) is 26.1 Å². The second-order valence-electron chi connectivity index (χ2n) is 3.90. The maximum atomic E-state index is 11.4. The van der Waals surface area contributed by atoms with Crippen molar-refractivity contribution in [3.63, 3.8) is 0 Å². The summed E-state index contributed by atoms with van der Waals surface area (Å²) in [6, 6.07) is 7.55. The van der Waals surface area contributed by atoms with Gasteiger partial charge in [0, 0.05) is 19.6 Å². The van der Waals surface area contributed by atoms with Crippen LogP contribution in [0.1, 0.15) is 5.56 Å². The summed E-state index contributed by atoms with van der Waals surface area (Å²) in [5, 5.41) is 4.95. The first-order valence-electron chi connectivity index (χ1n) is 6.06. The van der Waals surface area contributed by atoms with Crippen molar-refractivity contribution in [2.75, 3.05) is 26.7 Å². The maximum absolute atomic E-state index is 11.4. The number of nitrogens with two attached hydrogens (primary N) is 1. The fourth-order valence-electron chi connectivity index (χ4n) is 1.49. The third kappa shape index (κ3) is 5.39. The Morgan fingerprint density at radius 2 is 1.89 bits per heavy atom. The average Bonchev–Trinajstić information content (AvgIpc) is 2.44. The van der Waals surface area contributed by atoms with Crippen LogP contribution in [0.5, 0.6) is 5.75 Å². The molecule has 0 heterocycles. The molecule has 19 heavy (non-hydrogen) atoms. The molecule has 0 aliphatic rings. The van der Waals surface area contributed by atoms with Crippen LogP contribution in [0.25, 0.3) is 0 Å². The fourth-order valence-corrected chi connectivity index (χ4v) is 1.49. The highest BCUT2D eigenvalue weighted by Crippen LogP contribution is 2.12. The summed E-state index contributed by atoms with van der Waals surface area (Å²) < 4.78 is 5.10. The van der Waals surface area contributed by atoms with Gasteiger partial charge in [0.1, 0.15) is 5.75 Å². The van der Waals surface area contributed by atoms with Crippen molar-refractivity contribution >= 4 is 11.8 Å². The number of rotatable bonds is 6. The van der Waals surface area contributed by atoms with Crippen LogP contribution in [0.3, 0.4) is 0 Å². The number of hydrogen-bond donors (Lipinski definition) is 3. The minimum Gasteiger partial charge on any atom is -0.497 e. The molecular weight excluding hydrogens is 246 g/mol. The summed E-state index contributed by atoms with van der Waals surface area (Å²) in [6.07, 6.45) is 0.632. The van der Waals surface area contributed by atoms with Gasteiger partial charge in [-0.15, -0.1) is 0 Å². The van der Waals surface area contributed by atoms with E-state index < -0.39 is 11.8 Å². The van der Waals surface area contributed by atoms with E-state index >= 15 is 0 Å². The minimum atomic E-state index is -0.656. The van der Waals surface area contributed by atoms with Crippen molar-refractivity contribution in [3.8, 4) is 5.75 Å². The monoisotopic (exact) mass is 265 g/mol. The zero-order valence-corrected chi connectivity index (χ0v) is 10.9. The number of carbonyl (C=O) groups excluding carboxylic acids is 2. The number of amides is 2. The van der Waals surface area contributed by atoms with Gasteiger partial charge in [0.25, 0.3) is 0 Å². The predicted molar refractivity (Wildman–Crippen MR) is 71.8 cm³/mol. The van der Waals surface area contributed by atoms with Crippen molar-refractivity contribution < 1.29 is 14.3 Å². The van der Waals surface area contributed by atoms with Crippen LogP contribution in [0, 0.1) is 0 Å². The van der Waals surface area contributed by atoms with Crippen molar-refractivity contribution in [2.24, 2.45) is 5.73 Å². The summed E-state index contributed by atoms with van der Waals surface area (Å²) >= 11 is 0. The number of hydrogen-bond acceptors (Lipinski definition) is 4. The maximum Gasteiger partial charge on any atom is 0.309 e. The Bertz CT molecular complexity index is 435. The van der Waals surface area contributed by atoms with Crippen LogP contribution in [-0.4, -0.2) is 38.6 Å². The Labute approximate surface area is 112 Å². The Balaban J connectivity index is 2.33. The highest BCUT2D eigenvalue weighted by molar-refractivity contribution is 6.35. The molecule has 104 valence electrons. The highest BCUT2D eigenvalue weighted by Gasteiger charge is 2.11. The molecule has 2 amide bonds. The molecule has 0 aromatic heterocycles. The summed E-state index contributed by atoms with van der Waals surface area (Å²) in [5.41, 5.74) is 6.25. The topological polar surface area (TPSA) is 93.4 Å². The van der Waals surface area contributed by atoms with E-state index in [2.05, 4.69) is 10.6 Å². The standard InChI is InChI=1S/C13H19N3O3/c1-19-11-4-2-3-10(9-11)5-7-15-12(17)13(18)16-8-6-14/h2-4,9H,5-8,14H2,1H3,(H,15,17)(H,16,18). The van der Waals surface area contributed by atoms with Gasteiger partial charge in [-0.05, 0) is 24.1 Å². The lowest BCUT2D eigenvalue weighted by Crippen LogP contribution is -2.42. The van der Waals surface area contributed by atoms with Crippen LogP contribution < -0.4 is 21.1 Å². The van der Waals surface area contributed by atoms with Crippen molar-refractivity contribution in [2.45, 2.75) is 6.42 Å². The summed E-state index contributed by atoms with van der Waals surface area (Å²) in [6.45, 7) is 0.993. The molecule has 0 bridgehead atoms. The van der Waals surface area contributed by atoms with Crippen LogP contribution in [0.15, 0.2) is 24.3 Å². The van der Waals surface area contributed by atoms with Gasteiger partial charge in [-0.2, -0.15) is 0 Å². The smallest absolute Gasteiger partial charge is 0.309 e. The molecule has 6 heteroatoms. The average molecular weight is 265 g/mol. The van der Waals surface area contributed by atoms with Gasteiger partial charge in [0.2, 0.25) is 0 Å². The molecule has 0 spiro atoms. The van der Waals surface area contributed by atoms with Gasteiger partial charge in [-0.3, -0.25) is 9.59 Å². The van der Waals surface area contributed by atoms with Gasteiger partial charge >= 0.3 is 11.8 Å².